The van der Waals surface area contributed by atoms with E-state index in [1.807, 2.05) is 24.3 Å². The molecule has 0 amide bonds. The van der Waals surface area contributed by atoms with Gasteiger partial charge in [-0.3, -0.25) is 4.99 Å². The van der Waals surface area contributed by atoms with E-state index in [-0.39, 0.29) is 0 Å². The number of hydrogen-bond donors (Lipinski definition) is 2. The average Bonchev–Trinajstić information content (AvgIpc) is 2.40. The Hall–Kier alpha value is -1.71. The number of nitrogens with two attached hydrogens (primary N) is 1. The number of benzene rings is 1. The first-order valence-corrected chi connectivity index (χ1v) is 7.93. The molecule has 0 saturated heterocycles. The van der Waals surface area contributed by atoms with Crippen LogP contribution in [0.3, 0.4) is 0 Å². The Morgan fingerprint density at radius 2 is 2.00 bits per heavy atom. The predicted molar refractivity (Wildman–Crippen MR) is 86.7 cm³/mol. The predicted octanol–water partition coefficient (Wildman–Crippen LogP) is 3.39. The van der Waals surface area contributed by atoms with Crippen molar-refractivity contribution in [2.75, 3.05) is 19.0 Å². The van der Waals surface area contributed by atoms with E-state index in [9.17, 15) is 0 Å². The number of nitrogens with zero attached hydrogens (tertiary/aromatic N) is 1. The van der Waals surface area contributed by atoms with Crippen LogP contribution >= 0.6 is 0 Å². The van der Waals surface area contributed by atoms with E-state index >= 15 is 0 Å². The van der Waals surface area contributed by atoms with Crippen LogP contribution in [0.1, 0.15) is 38.5 Å². The molecule has 1 aromatic rings. The Balaban J connectivity index is 1.57. The second kappa shape index (κ2) is 5.96. The molecule has 2 saturated carbocycles. The lowest BCUT2D eigenvalue weighted by atomic mass is 9.55. The minimum atomic E-state index is 0.463. The van der Waals surface area contributed by atoms with Gasteiger partial charge in [-0.2, -0.15) is 0 Å². The number of aliphatic imine (C=N–C) groups is 1. The number of guanidine groups is 1. The molecule has 0 unspecified atom stereocenters. The van der Waals surface area contributed by atoms with Crippen molar-refractivity contribution >= 4 is 11.6 Å². The van der Waals surface area contributed by atoms with Crippen LogP contribution in [-0.2, 0) is 0 Å². The van der Waals surface area contributed by atoms with E-state index in [2.05, 4.69) is 10.3 Å². The summed E-state index contributed by atoms with van der Waals surface area (Å²) in [6.45, 7) is 0.882. The first kappa shape index (κ1) is 14.2. The SMILES string of the molecule is COc1ccc(NC(N)=NCC2(C3CCC3)CCC2)cc1. The maximum Gasteiger partial charge on any atom is 0.193 e. The van der Waals surface area contributed by atoms with Gasteiger partial charge in [-0.05, 0) is 61.3 Å². The second-order valence-electron chi connectivity index (χ2n) is 6.40. The third kappa shape index (κ3) is 2.99. The highest BCUT2D eigenvalue weighted by molar-refractivity contribution is 5.92. The summed E-state index contributed by atoms with van der Waals surface area (Å²) < 4.78 is 5.14. The summed E-state index contributed by atoms with van der Waals surface area (Å²) in [5.41, 5.74) is 7.44. The summed E-state index contributed by atoms with van der Waals surface area (Å²) >= 11 is 0. The zero-order valence-electron chi connectivity index (χ0n) is 12.8. The minimum Gasteiger partial charge on any atom is -0.497 e. The first-order valence-electron chi connectivity index (χ1n) is 7.93. The highest BCUT2D eigenvalue weighted by Crippen LogP contribution is 2.54. The van der Waals surface area contributed by atoms with Crippen molar-refractivity contribution < 1.29 is 4.74 Å². The van der Waals surface area contributed by atoms with Crippen molar-refractivity contribution in [3.05, 3.63) is 24.3 Å². The monoisotopic (exact) mass is 287 g/mol. The Kier molecular flexibility index (Phi) is 4.04. The van der Waals surface area contributed by atoms with E-state index in [0.29, 0.717) is 11.4 Å². The smallest absolute Gasteiger partial charge is 0.193 e. The normalized spacial score (nSPS) is 21.3. The van der Waals surface area contributed by atoms with Gasteiger partial charge in [-0.1, -0.05) is 12.8 Å². The highest BCUT2D eigenvalue weighted by Gasteiger charge is 2.45. The number of anilines is 1. The molecule has 0 atom stereocenters. The number of nitrogens with one attached hydrogen (secondary N) is 1. The maximum absolute atomic E-state index is 6.03. The van der Waals surface area contributed by atoms with Gasteiger partial charge in [0.2, 0.25) is 0 Å². The van der Waals surface area contributed by atoms with Crippen LogP contribution in [0.15, 0.2) is 29.3 Å². The maximum atomic E-state index is 6.03. The van der Waals surface area contributed by atoms with Crippen molar-refractivity contribution in [1.82, 2.24) is 0 Å². The molecule has 0 bridgehead atoms. The molecule has 2 fully saturated rings. The molecule has 0 radical (unpaired) electrons. The molecule has 0 aromatic heterocycles. The molecule has 0 aliphatic heterocycles. The van der Waals surface area contributed by atoms with Crippen LogP contribution in [0.4, 0.5) is 5.69 Å². The summed E-state index contributed by atoms with van der Waals surface area (Å²) in [5.74, 6) is 2.25. The lowest BCUT2D eigenvalue weighted by Gasteiger charge is -2.51. The fourth-order valence-corrected chi connectivity index (χ4v) is 3.45. The van der Waals surface area contributed by atoms with Crippen molar-refractivity contribution in [1.29, 1.82) is 0 Å². The Labute approximate surface area is 126 Å². The summed E-state index contributed by atoms with van der Waals surface area (Å²) in [6.07, 6.45) is 8.20. The van der Waals surface area contributed by atoms with Crippen LogP contribution in [-0.4, -0.2) is 19.6 Å². The van der Waals surface area contributed by atoms with Gasteiger partial charge in [0.15, 0.2) is 5.96 Å². The summed E-state index contributed by atoms with van der Waals surface area (Å²) in [5, 5.41) is 3.16. The summed E-state index contributed by atoms with van der Waals surface area (Å²) in [6, 6.07) is 7.73. The zero-order valence-corrected chi connectivity index (χ0v) is 12.8. The Bertz CT molecular complexity index is 501. The third-order valence-corrected chi connectivity index (χ3v) is 5.25. The summed E-state index contributed by atoms with van der Waals surface area (Å²) in [4.78, 5) is 4.61. The first-order chi connectivity index (χ1) is 10.2. The van der Waals surface area contributed by atoms with Gasteiger partial charge in [0.1, 0.15) is 5.75 Å². The van der Waals surface area contributed by atoms with Gasteiger partial charge >= 0.3 is 0 Å². The van der Waals surface area contributed by atoms with Gasteiger partial charge in [0.25, 0.3) is 0 Å². The molecule has 114 valence electrons. The molecule has 1 aromatic carbocycles. The van der Waals surface area contributed by atoms with Gasteiger partial charge < -0.3 is 15.8 Å². The molecule has 2 aliphatic rings. The van der Waals surface area contributed by atoms with E-state index in [1.165, 1.54) is 38.5 Å². The number of rotatable bonds is 5. The Morgan fingerprint density at radius 1 is 1.29 bits per heavy atom. The van der Waals surface area contributed by atoms with E-state index in [1.54, 1.807) is 7.11 Å². The molecule has 0 heterocycles. The molecule has 21 heavy (non-hydrogen) atoms. The molecule has 3 N–H and O–H groups in total. The van der Waals surface area contributed by atoms with Crippen LogP contribution < -0.4 is 15.8 Å². The van der Waals surface area contributed by atoms with Crippen molar-refractivity contribution in [2.45, 2.75) is 38.5 Å². The molecule has 4 heteroatoms. The van der Waals surface area contributed by atoms with Crippen molar-refractivity contribution in [3.63, 3.8) is 0 Å². The van der Waals surface area contributed by atoms with Gasteiger partial charge in [0, 0.05) is 12.2 Å². The van der Waals surface area contributed by atoms with Gasteiger partial charge in [-0.15, -0.1) is 0 Å². The minimum absolute atomic E-state index is 0.463. The molecule has 0 spiro atoms. The molecular formula is C17H25N3O. The fourth-order valence-electron chi connectivity index (χ4n) is 3.45. The van der Waals surface area contributed by atoms with Crippen molar-refractivity contribution in [2.24, 2.45) is 22.1 Å². The van der Waals surface area contributed by atoms with Crippen LogP contribution in [0.5, 0.6) is 5.75 Å². The lowest BCUT2D eigenvalue weighted by Crippen LogP contribution is -2.44. The van der Waals surface area contributed by atoms with Crippen LogP contribution in [0, 0.1) is 11.3 Å². The Morgan fingerprint density at radius 3 is 2.48 bits per heavy atom. The molecule has 2 aliphatic carbocycles. The summed E-state index contributed by atoms with van der Waals surface area (Å²) in [7, 11) is 1.66. The topological polar surface area (TPSA) is 59.6 Å². The average molecular weight is 287 g/mol. The highest BCUT2D eigenvalue weighted by atomic mass is 16.5. The van der Waals surface area contributed by atoms with Crippen LogP contribution in [0.2, 0.25) is 0 Å². The quantitative estimate of drug-likeness (QED) is 0.644. The molecular weight excluding hydrogens is 262 g/mol. The zero-order chi connectivity index (χ0) is 14.7. The van der Waals surface area contributed by atoms with Gasteiger partial charge in [-0.25, -0.2) is 0 Å². The third-order valence-electron chi connectivity index (χ3n) is 5.25. The van der Waals surface area contributed by atoms with Crippen molar-refractivity contribution in [3.8, 4) is 5.75 Å². The van der Waals surface area contributed by atoms with Crippen LogP contribution in [0.25, 0.3) is 0 Å². The number of ether oxygens (including phenoxy) is 1. The van der Waals surface area contributed by atoms with E-state index in [4.69, 9.17) is 10.5 Å². The van der Waals surface area contributed by atoms with E-state index < -0.39 is 0 Å². The number of methoxy groups -OCH3 is 1. The fraction of sp³-hybridized carbons (Fsp3) is 0.588. The lowest BCUT2D eigenvalue weighted by molar-refractivity contribution is 0.0116. The molecule has 3 rings (SSSR count). The standard InChI is InChI=1S/C17H25N3O/c1-21-15-8-6-14(7-9-15)20-16(18)19-12-17(10-3-11-17)13-4-2-5-13/h6-9,13H,2-5,10-12H2,1H3,(H3,18,19,20). The molecule has 4 nitrogen and oxygen atoms in total. The van der Waals surface area contributed by atoms with Gasteiger partial charge in [0.05, 0.1) is 7.11 Å². The largest absolute Gasteiger partial charge is 0.497 e. The second-order valence-corrected chi connectivity index (χ2v) is 6.40. The number of hydrogen-bond acceptors (Lipinski definition) is 2. The van der Waals surface area contributed by atoms with E-state index in [0.717, 1.165) is 23.9 Å².